The lowest BCUT2D eigenvalue weighted by molar-refractivity contribution is 0.112. The van der Waals surface area contributed by atoms with E-state index in [1.807, 2.05) is 25.1 Å². The molecular weight excluding hydrogens is 236 g/mol. The van der Waals surface area contributed by atoms with Gasteiger partial charge in [-0.2, -0.15) is 4.98 Å². The number of carbonyl (C=O) groups is 1. The Kier molecular flexibility index (Phi) is 3.93. The molecule has 0 saturated heterocycles. The Morgan fingerprint density at radius 1 is 1.47 bits per heavy atom. The van der Waals surface area contributed by atoms with Crippen molar-refractivity contribution in [1.82, 2.24) is 10.1 Å². The molecule has 0 saturated carbocycles. The quantitative estimate of drug-likeness (QED) is 0.601. The van der Waals surface area contributed by atoms with Crippen LogP contribution in [0.5, 0.6) is 0 Å². The van der Waals surface area contributed by atoms with Crippen molar-refractivity contribution in [2.45, 2.75) is 24.0 Å². The lowest BCUT2D eigenvalue weighted by Crippen LogP contribution is -1.85. The first kappa shape index (κ1) is 11.9. The van der Waals surface area contributed by atoms with E-state index in [-0.39, 0.29) is 0 Å². The lowest BCUT2D eigenvalue weighted by atomic mass is 10.2. The molecule has 0 radical (unpaired) electrons. The van der Waals surface area contributed by atoms with Crippen LogP contribution in [0.3, 0.4) is 0 Å². The third-order valence-corrected chi connectivity index (χ3v) is 3.16. The number of aldehydes is 1. The van der Waals surface area contributed by atoms with Gasteiger partial charge in [-0.05, 0) is 12.1 Å². The maximum absolute atomic E-state index is 10.6. The maximum Gasteiger partial charge on any atom is 0.237 e. The predicted octanol–water partition coefficient (Wildman–Crippen LogP) is 2.74. The predicted molar refractivity (Wildman–Crippen MR) is 65.1 cm³/mol. The largest absolute Gasteiger partial charge is 0.338 e. The number of thioether (sulfide) groups is 1. The van der Waals surface area contributed by atoms with Gasteiger partial charge in [0.05, 0.1) is 5.75 Å². The van der Waals surface area contributed by atoms with Gasteiger partial charge in [-0.25, -0.2) is 0 Å². The van der Waals surface area contributed by atoms with Crippen molar-refractivity contribution < 1.29 is 9.32 Å². The third kappa shape index (κ3) is 3.17. The van der Waals surface area contributed by atoms with Gasteiger partial charge in [-0.1, -0.05) is 24.2 Å². The summed E-state index contributed by atoms with van der Waals surface area (Å²) in [4.78, 5) is 15.9. The number of hydrogen-bond donors (Lipinski definition) is 0. The average molecular weight is 248 g/mol. The normalized spacial score (nSPS) is 10.4. The summed E-state index contributed by atoms with van der Waals surface area (Å²) in [6, 6.07) is 7.43. The molecule has 0 aliphatic carbocycles. The highest BCUT2D eigenvalue weighted by molar-refractivity contribution is 7.98. The van der Waals surface area contributed by atoms with Crippen molar-refractivity contribution in [3.8, 4) is 0 Å². The third-order valence-electron chi connectivity index (χ3n) is 2.18. The highest BCUT2D eigenvalue weighted by Gasteiger charge is 2.05. The molecule has 0 fully saturated rings. The van der Waals surface area contributed by atoms with Crippen LogP contribution in [0.4, 0.5) is 0 Å². The molecule has 4 nitrogen and oxygen atoms in total. The van der Waals surface area contributed by atoms with E-state index in [0.29, 0.717) is 17.2 Å². The number of rotatable bonds is 5. The SMILES string of the molecule is CCc1noc(CSc2cccc(C=O)c2)n1. The summed E-state index contributed by atoms with van der Waals surface area (Å²) < 4.78 is 5.08. The molecule has 0 bridgehead atoms. The number of aryl methyl sites for hydroxylation is 1. The molecule has 0 atom stereocenters. The second-order valence-corrected chi connectivity index (χ2v) is 4.49. The zero-order valence-electron chi connectivity index (χ0n) is 9.42. The van der Waals surface area contributed by atoms with Crippen LogP contribution in [-0.2, 0) is 12.2 Å². The van der Waals surface area contributed by atoms with E-state index < -0.39 is 0 Å². The summed E-state index contributed by atoms with van der Waals surface area (Å²) in [6.45, 7) is 1.98. The van der Waals surface area contributed by atoms with Crippen LogP contribution in [0.2, 0.25) is 0 Å². The Labute approximate surface area is 103 Å². The fourth-order valence-corrected chi connectivity index (χ4v) is 2.12. The average Bonchev–Trinajstić information content (AvgIpc) is 2.84. The van der Waals surface area contributed by atoms with Crippen LogP contribution in [-0.4, -0.2) is 16.4 Å². The van der Waals surface area contributed by atoms with Gasteiger partial charge in [0, 0.05) is 16.9 Å². The number of benzene rings is 1. The molecule has 2 rings (SSSR count). The van der Waals surface area contributed by atoms with E-state index in [1.165, 1.54) is 0 Å². The van der Waals surface area contributed by atoms with Crippen LogP contribution in [0.15, 0.2) is 33.7 Å². The van der Waals surface area contributed by atoms with Gasteiger partial charge in [0.15, 0.2) is 5.82 Å². The Bertz CT molecular complexity index is 511. The smallest absolute Gasteiger partial charge is 0.237 e. The monoisotopic (exact) mass is 248 g/mol. The van der Waals surface area contributed by atoms with E-state index in [4.69, 9.17) is 4.52 Å². The zero-order chi connectivity index (χ0) is 12.1. The Morgan fingerprint density at radius 3 is 3.06 bits per heavy atom. The Balaban J connectivity index is 1.99. The molecule has 1 heterocycles. The van der Waals surface area contributed by atoms with Crippen LogP contribution in [0, 0.1) is 0 Å². The first-order valence-corrected chi connectivity index (χ1v) is 6.30. The van der Waals surface area contributed by atoms with Gasteiger partial charge >= 0.3 is 0 Å². The minimum Gasteiger partial charge on any atom is -0.338 e. The molecule has 88 valence electrons. The zero-order valence-corrected chi connectivity index (χ0v) is 10.2. The molecule has 0 unspecified atom stereocenters. The van der Waals surface area contributed by atoms with Gasteiger partial charge < -0.3 is 4.52 Å². The van der Waals surface area contributed by atoms with E-state index in [1.54, 1.807) is 17.8 Å². The first-order valence-electron chi connectivity index (χ1n) is 5.31. The van der Waals surface area contributed by atoms with E-state index in [9.17, 15) is 4.79 Å². The van der Waals surface area contributed by atoms with Crippen molar-refractivity contribution in [2.24, 2.45) is 0 Å². The molecule has 0 aliphatic rings. The van der Waals surface area contributed by atoms with Crippen molar-refractivity contribution in [3.05, 3.63) is 41.5 Å². The highest BCUT2D eigenvalue weighted by Crippen LogP contribution is 2.22. The second-order valence-electron chi connectivity index (χ2n) is 3.44. The minimum absolute atomic E-state index is 0.614. The number of nitrogens with zero attached hydrogens (tertiary/aromatic N) is 2. The first-order chi connectivity index (χ1) is 8.31. The Morgan fingerprint density at radius 2 is 2.35 bits per heavy atom. The molecule has 0 spiro atoms. The summed E-state index contributed by atoms with van der Waals surface area (Å²) in [7, 11) is 0. The standard InChI is InChI=1S/C12H12N2O2S/c1-2-11-13-12(16-14-11)8-17-10-5-3-4-9(6-10)7-15/h3-7H,2,8H2,1H3. The van der Waals surface area contributed by atoms with Crippen molar-refractivity contribution >= 4 is 18.0 Å². The van der Waals surface area contributed by atoms with Crippen molar-refractivity contribution in [2.75, 3.05) is 0 Å². The molecular formula is C12H12N2O2S. The molecule has 0 amide bonds. The van der Waals surface area contributed by atoms with Crippen LogP contribution < -0.4 is 0 Å². The lowest BCUT2D eigenvalue weighted by Gasteiger charge is -1.98. The number of carbonyl (C=O) groups excluding carboxylic acids is 1. The summed E-state index contributed by atoms with van der Waals surface area (Å²) in [6.07, 6.45) is 1.61. The highest BCUT2D eigenvalue weighted by atomic mass is 32.2. The summed E-state index contributed by atoms with van der Waals surface area (Å²) in [5, 5.41) is 3.83. The molecule has 0 N–H and O–H groups in total. The summed E-state index contributed by atoms with van der Waals surface area (Å²) in [5.74, 6) is 1.96. The molecule has 1 aromatic carbocycles. The van der Waals surface area contributed by atoms with Gasteiger partial charge in [0.2, 0.25) is 5.89 Å². The second kappa shape index (κ2) is 5.63. The molecule has 1 aromatic heterocycles. The van der Waals surface area contributed by atoms with Gasteiger partial charge in [-0.15, -0.1) is 11.8 Å². The molecule has 2 aromatic rings. The van der Waals surface area contributed by atoms with Crippen LogP contribution in [0.25, 0.3) is 0 Å². The van der Waals surface area contributed by atoms with E-state index >= 15 is 0 Å². The minimum atomic E-state index is 0.614. The molecule has 5 heteroatoms. The number of aromatic nitrogens is 2. The summed E-state index contributed by atoms with van der Waals surface area (Å²) >= 11 is 1.57. The molecule has 17 heavy (non-hydrogen) atoms. The summed E-state index contributed by atoms with van der Waals surface area (Å²) in [5.41, 5.74) is 0.676. The van der Waals surface area contributed by atoms with Crippen molar-refractivity contribution in [1.29, 1.82) is 0 Å². The Hall–Kier alpha value is -1.62. The fraction of sp³-hybridized carbons (Fsp3) is 0.250. The van der Waals surface area contributed by atoms with Crippen molar-refractivity contribution in [3.63, 3.8) is 0 Å². The van der Waals surface area contributed by atoms with Gasteiger partial charge in [0.1, 0.15) is 6.29 Å². The fourth-order valence-electron chi connectivity index (χ4n) is 1.32. The maximum atomic E-state index is 10.6. The topological polar surface area (TPSA) is 56.0 Å². The van der Waals surface area contributed by atoms with E-state index in [0.717, 1.165) is 23.4 Å². The van der Waals surface area contributed by atoms with Crippen LogP contribution in [0.1, 0.15) is 29.0 Å². The van der Waals surface area contributed by atoms with Crippen LogP contribution >= 0.6 is 11.8 Å². The number of hydrogen-bond acceptors (Lipinski definition) is 5. The van der Waals surface area contributed by atoms with Gasteiger partial charge in [-0.3, -0.25) is 4.79 Å². The van der Waals surface area contributed by atoms with Gasteiger partial charge in [0.25, 0.3) is 0 Å². The van der Waals surface area contributed by atoms with E-state index in [2.05, 4.69) is 10.1 Å². The molecule has 0 aliphatic heterocycles.